The number of carbonyl (C=O) groups is 2. The van der Waals surface area contributed by atoms with E-state index in [4.69, 9.17) is 9.47 Å². The molecule has 1 saturated heterocycles. The molecule has 0 bridgehead atoms. The molecule has 0 spiro atoms. The molecule has 21 heavy (non-hydrogen) atoms. The van der Waals surface area contributed by atoms with E-state index in [0.717, 1.165) is 0 Å². The second kappa shape index (κ2) is 7.64. The molecule has 0 saturated carbocycles. The largest absolute Gasteiger partial charge is 0.468 e. The second-order valence-electron chi connectivity index (χ2n) is 6.12. The topological polar surface area (TPSA) is 76.1 Å². The van der Waals surface area contributed by atoms with Crippen LogP contribution in [0.4, 0.5) is 4.79 Å². The van der Waals surface area contributed by atoms with Gasteiger partial charge in [0.05, 0.1) is 13.2 Å². The zero-order chi connectivity index (χ0) is 16.8. The van der Waals surface area contributed by atoms with Crippen LogP contribution in [0.5, 0.6) is 0 Å². The molecule has 0 aromatic rings. The SMILES string of the molecule is CC.COC(=O)C1(C)CN(C(=O)OC(C)(C)C)CCC1O. The molecule has 6 heteroatoms. The maximum absolute atomic E-state index is 12.0. The van der Waals surface area contributed by atoms with Gasteiger partial charge in [0.1, 0.15) is 11.0 Å². The van der Waals surface area contributed by atoms with Gasteiger partial charge in [-0.15, -0.1) is 0 Å². The van der Waals surface area contributed by atoms with Crippen LogP contribution in [0, 0.1) is 5.41 Å². The summed E-state index contributed by atoms with van der Waals surface area (Å²) in [5.74, 6) is -0.520. The van der Waals surface area contributed by atoms with Crippen molar-refractivity contribution in [1.82, 2.24) is 4.90 Å². The van der Waals surface area contributed by atoms with Crippen LogP contribution in [0.2, 0.25) is 0 Å². The van der Waals surface area contributed by atoms with Crippen molar-refractivity contribution in [1.29, 1.82) is 0 Å². The van der Waals surface area contributed by atoms with Crippen LogP contribution >= 0.6 is 0 Å². The maximum atomic E-state index is 12.0. The fraction of sp³-hybridized carbons (Fsp3) is 0.867. The van der Waals surface area contributed by atoms with Crippen molar-refractivity contribution in [2.24, 2.45) is 5.41 Å². The van der Waals surface area contributed by atoms with Gasteiger partial charge in [-0.05, 0) is 34.1 Å². The molecule has 1 fully saturated rings. The number of rotatable bonds is 1. The lowest BCUT2D eigenvalue weighted by Crippen LogP contribution is -2.56. The van der Waals surface area contributed by atoms with E-state index < -0.39 is 29.2 Å². The maximum Gasteiger partial charge on any atom is 0.410 e. The molecule has 2 atom stereocenters. The molecule has 0 radical (unpaired) electrons. The summed E-state index contributed by atoms with van der Waals surface area (Å²) in [6.07, 6.45) is -0.974. The third kappa shape index (κ3) is 5.19. The van der Waals surface area contributed by atoms with Crippen molar-refractivity contribution >= 4 is 12.1 Å². The van der Waals surface area contributed by atoms with Crippen LogP contribution in [0.3, 0.4) is 0 Å². The Kier molecular flexibility index (Phi) is 7.16. The summed E-state index contributed by atoms with van der Waals surface area (Å²) in [6.45, 7) is 11.4. The third-order valence-electron chi connectivity index (χ3n) is 3.23. The van der Waals surface area contributed by atoms with Crippen molar-refractivity contribution < 1.29 is 24.2 Å². The van der Waals surface area contributed by atoms with Crippen LogP contribution in [0.25, 0.3) is 0 Å². The summed E-state index contributed by atoms with van der Waals surface area (Å²) in [7, 11) is 1.27. The fourth-order valence-corrected chi connectivity index (χ4v) is 2.09. The standard InChI is InChI=1S/C13H23NO5.C2H6/c1-12(2,3)19-11(17)14-7-6-9(15)13(4,8-14)10(16)18-5;1-2/h9,15H,6-8H2,1-5H3;1-2H3. The summed E-state index contributed by atoms with van der Waals surface area (Å²) in [6, 6.07) is 0. The Morgan fingerprint density at radius 3 is 2.24 bits per heavy atom. The minimum absolute atomic E-state index is 0.0930. The fourth-order valence-electron chi connectivity index (χ4n) is 2.09. The summed E-state index contributed by atoms with van der Waals surface area (Å²) in [5, 5.41) is 9.98. The number of nitrogens with zero attached hydrogens (tertiary/aromatic N) is 1. The lowest BCUT2D eigenvalue weighted by Gasteiger charge is -2.41. The molecule has 1 rings (SSSR count). The molecule has 6 nitrogen and oxygen atoms in total. The number of esters is 1. The van der Waals surface area contributed by atoms with Gasteiger partial charge < -0.3 is 19.5 Å². The molecule has 0 aromatic carbocycles. The number of hydrogen-bond acceptors (Lipinski definition) is 5. The molecule has 1 heterocycles. The summed E-state index contributed by atoms with van der Waals surface area (Å²) in [5.41, 5.74) is -1.70. The average molecular weight is 303 g/mol. The van der Waals surface area contributed by atoms with Crippen molar-refractivity contribution in [3.05, 3.63) is 0 Å². The van der Waals surface area contributed by atoms with Gasteiger partial charge in [0, 0.05) is 13.1 Å². The van der Waals surface area contributed by atoms with Gasteiger partial charge in [-0.3, -0.25) is 4.79 Å². The first-order valence-electron chi connectivity index (χ1n) is 7.34. The van der Waals surface area contributed by atoms with Crippen LogP contribution in [-0.2, 0) is 14.3 Å². The number of ether oxygens (including phenoxy) is 2. The molecule has 0 aromatic heterocycles. The first-order chi connectivity index (χ1) is 9.60. The van der Waals surface area contributed by atoms with E-state index in [2.05, 4.69) is 0 Å². The van der Waals surface area contributed by atoms with E-state index in [-0.39, 0.29) is 6.54 Å². The van der Waals surface area contributed by atoms with Gasteiger partial charge >= 0.3 is 12.1 Å². The minimum Gasteiger partial charge on any atom is -0.468 e. The Bertz CT molecular complexity index is 364. The van der Waals surface area contributed by atoms with E-state index in [1.54, 1.807) is 27.7 Å². The van der Waals surface area contributed by atoms with E-state index in [0.29, 0.717) is 13.0 Å². The number of amides is 1. The van der Waals surface area contributed by atoms with Crippen molar-refractivity contribution in [2.75, 3.05) is 20.2 Å². The molecule has 124 valence electrons. The molecule has 0 aliphatic carbocycles. The first-order valence-corrected chi connectivity index (χ1v) is 7.34. The van der Waals surface area contributed by atoms with Crippen LogP contribution < -0.4 is 0 Å². The molecular formula is C15H29NO5. The normalized spacial score (nSPS) is 25.5. The molecule has 1 aliphatic heterocycles. The number of methoxy groups -OCH3 is 1. The van der Waals surface area contributed by atoms with Gasteiger partial charge in [-0.1, -0.05) is 13.8 Å². The summed E-state index contributed by atoms with van der Waals surface area (Å²) in [4.78, 5) is 25.2. The first kappa shape index (κ1) is 19.7. The molecular weight excluding hydrogens is 274 g/mol. The van der Waals surface area contributed by atoms with Crippen molar-refractivity contribution in [3.8, 4) is 0 Å². The van der Waals surface area contributed by atoms with E-state index in [1.165, 1.54) is 12.0 Å². The number of carbonyl (C=O) groups excluding carboxylic acids is 2. The van der Waals surface area contributed by atoms with Gasteiger partial charge in [-0.2, -0.15) is 0 Å². The van der Waals surface area contributed by atoms with Crippen LogP contribution in [-0.4, -0.2) is 54.0 Å². The van der Waals surface area contributed by atoms with E-state index in [9.17, 15) is 14.7 Å². The highest BCUT2D eigenvalue weighted by Gasteiger charge is 2.47. The highest BCUT2D eigenvalue weighted by Crippen LogP contribution is 2.32. The molecule has 1 N–H and O–H groups in total. The number of aliphatic hydroxyl groups excluding tert-OH is 1. The Morgan fingerprint density at radius 1 is 1.29 bits per heavy atom. The number of likely N-dealkylation sites (tertiary alicyclic amines) is 1. The zero-order valence-electron chi connectivity index (χ0n) is 14.2. The molecule has 1 amide bonds. The van der Waals surface area contributed by atoms with E-state index in [1.807, 2.05) is 13.8 Å². The van der Waals surface area contributed by atoms with E-state index >= 15 is 0 Å². The summed E-state index contributed by atoms with van der Waals surface area (Å²) < 4.78 is 9.99. The second-order valence-corrected chi connectivity index (χ2v) is 6.12. The van der Waals surface area contributed by atoms with Gasteiger partial charge in [0.25, 0.3) is 0 Å². The number of hydrogen-bond donors (Lipinski definition) is 1. The van der Waals surface area contributed by atoms with Gasteiger partial charge in [-0.25, -0.2) is 4.79 Å². The monoisotopic (exact) mass is 303 g/mol. The Labute approximate surface area is 127 Å². The number of aliphatic hydroxyl groups is 1. The summed E-state index contributed by atoms with van der Waals surface area (Å²) >= 11 is 0. The highest BCUT2D eigenvalue weighted by atomic mass is 16.6. The van der Waals surface area contributed by atoms with Gasteiger partial charge in [0.15, 0.2) is 0 Å². The van der Waals surface area contributed by atoms with Crippen LogP contribution in [0.1, 0.15) is 48.0 Å². The van der Waals surface area contributed by atoms with Crippen LogP contribution in [0.15, 0.2) is 0 Å². The Hall–Kier alpha value is -1.30. The molecule has 2 unspecified atom stereocenters. The highest BCUT2D eigenvalue weighted by molar-refractivity contribution is 5.79. The quantitative estimate of drug-likeness (QED) is 0.751. The minimum atomic E-state index is -1.11. The third-order valence-corrected chi connectivity index (χ3v) is 3.23. The predicted molar refractivity (Wildman–Crippen MR) is 79.9 cm³/mol. The zero-order valence-corrected chi connectivity index (χ0v) is 14.2. The Morgan fingerprint density at radius 2 is 1.81 bits per heavy atom. The smallest absolute Gasteiger partial charge is 0.410 e. The lowest BCUT2D eigenvalue weighted by atomic mass is 9.79. The lowest BCUT2D eigenvalue weighted by molar-refractivity contribution is -0.164. The average Bonchev–Trinajstić information content (AvgIpc) is 2.41. The van der Waals surface area contributed by atoms with Crippen molar-refractivity contribution in [3.63, 3.8) is 0 Å². The van der Waals surface area contributed by atoms with Gasteiger partial charge in [0.2, 0.25) is 0 Å². The molecule has 1 aliphatic rings. The number of piperidine rings is 1. The predicted octanol–water partition coefficient (Wildman–Crippen LogP) is 2.19. The van der Waals surface area contributed by atoms with Crippen molar-refractivity contribution in [2.45, 2.75) is 59.7 Å². The Balaban J connectivity index is 0.00000191.